The summed E-state index contributed by atoms with van der Waals surface area (Å²) < 4.78 is 17.8. The Balaban J connectivity index is 1.56. The topological polar surface area (TPSA) is 86.6 Å². The Labute approximate surface area is 160 Å². The molecule has 0 saturated heterocycles. The number of nitrogens with zero attached hydrogens (tertiary/aromatic N) is 1. The normalized spacial score (nSPS) is 12.0. The quantitative estimate of drug-likeness (QED) is 0.518. The maximum absolute atomic E-state index is 12.8. The first-order chi connectivity index (χ1) is 13.6. The predicted molar refractivity (Wildman–Crippen MR) is 100 cm³/mol. The van der Waals surface area contributed by atoms with Crippen LogP contribution in [-0.4, -0.2) is 16.4 Å². The van der Waals surface area contributed by atoms with Gasteiger partial charge in [0.25, 0.3) is 5.91 Å². The van der Waals surface area contributed by atoms with E-state index in [-0.39, 0.29) is 6.54 Å². The average Bonchev–Trinajstić information content (AvgIpc) is 3.44. The Morgan fingerprint density at radius 2 is 1.89 bits per heavy atom. The molecule has 0 saturated carbocycles. The molecule has 1 atom stereocenters. The summed E-state index contributed by atoms with van der Waals surface area (Å²) in [7, 11) is 1.74. The fourth-order valence-corrected chi connectivity index (χ4v) is 2.99. The highest BCUT2D eigenvalue weighted by molar-refractivity contribution is 5.95. The second-order valence-electron chi connectivity index (χ2n) is 6.25. The van der Waals surface area contributed by atoms with Crippen LogP contribution in [-0.2, 0) is 23.1 Å². The van der Waals surface area contributed by atoms with E-state index in [1.54, 1.807) is 66.4 Å². The lowest BCUT2D eigenvalue weighted by molar-refractivity contribution is -0.130. The van der Waals surface area contributed by atoms with Crippen molar-refractivity contribution in [2.45, 2.75) is 12.6 Å². The number of aryl methyl sites for hydroxylation is 1. The van der Waals surface area contributed by atoms with E-state index in [2.05, 4.69) is 5.32 Å². The lowest BCUT2D eigenvalue weighted by Crippen LogP contribution is -2.32. The van der Waals surface area contributed by atoms with E-state index < -0.39 is 18.0 Å². The van der Waals surface area contributed by atoms with Gasteiger partial charge in [-0.25, -0.2) is 4.79 Å². The number of carbonyl (C=O) groups excluding carboxylic acids is 2. The molecule has 1 aromatic carbocycles. The molecule has 3 heterocycles. The average molecular weight is 378 g/mol. The minimum atomic E-state index is -1.09. The van der Waals surface area contributed by atoms with Gasteiger partial charge in [-0.05, 0) is 12.1 Å². The monoisotopic (exact) mass is 378 g/mol. The van der Waals surface area contributed by atoms with Gasteiger partial charge >= 0.3 is 5.97 Å². The number of rotatable bonds is 6. The van der Waals surface area contributed by atoms with Crippen LogP contribution < -0.4 is 5.32 Å². The Kier molecular flexibility index (Phi) is 4.72. The van der Waals surface area contributed by atoms with Crippen LogP contribution in [0.15, 0.2) is 76.0 Å². The van der Waals surface area contributed by atoms with Crippen molar-refractivity contribution in [1.82, 2.24) is 9.88 Å². The highest BCUT2D eigenvalue weighted by atomic mass is 16.5. The van der Waals surface area contributed by atoms with Gasteiger partial charge in [0.1, 0.15) is 11.5 Å². The van der Waals surface area contributed by atoms with Crippen molar-refractivity contribution < 1.29 is 23.2 Å². The van der Waals surface area contributed by atoms with Crippen molar-refractivity contribution in [3.63, 3.8) is 0 Å². The zero-order chi connectivity index (χ0) is 19.5. The highest BCUT2D eigenvalue weighted by Gasteiger charge is 2.27. The van der Waals surface area contributed by atoms with E-state index in [0.717, 1.165) is 5.52 Å². The van der Waals surface area contributed by atoms with Crippen molar-refractivity contribution in [3.05, 3.63) is 84.1 Å². The lowest BCUT2D eigenvalue weighted by Gasteiger charge is -2.18. The molecule has 0 radical (unpaired) electrons. The van der Waals surface area contributed by atoms with Crippen molar-refractivity contribution >= 4 is 23.0 Å². The molecule has 28 heavy (non-hydrogen) atoms. The van der Waals surface area contributed by atoms with Gasteiger partial charge in [0.15, 0.2) is 5.58 Å². The summed E-state index contributed by atoms with van der Waals surface area (Å²) in [5.74, 6) is -0.445. The summed E-state index contributed by atoms with van der Waals surface area (Å²) in [5.41, 5.74) is 2.22. The molecule has 3 aromatic heterocycles. The maximum Gasteiger partial charge on any atom is 0.356 e. The molecule has 142 valence electrons. The largest absolute Gasteiger partial charge is 0.467 e. The van der Waals surface area contributed by atoms with Crippen LogP contribution in [0.5, 0.6) is 0 Å². The number of fused-ring (bicyclic) bond motifs is 1. The molecule has 7 nitrogen and oxygen atoms in total. The third kappa shape index (κ3) is 3.42. The lowest BCUT2D eigenvalue weighted by atomic mass is 10.1. The smallest absolute Gasteiger partial charge is 0.356 e. The van der Waals surface area contributed by atoms with Crippen LogP contribution in [0.3, 0.4) is 0 Å². The summed E-state index contributed by atoms with van der Waals surface area (Å²) in [6.45, 7) is 0.198. The van der Waals surface area contributed by atoms with Crippen molar-refractivity contribution in [2.24, 2.45) is 7.05 Å². The summed E-state index contributed by atoms with van der Waals surface area (Å²) in [4.78, 5) is 25.5. The number of ether oxygens (including phenoxy) is 1. The molecule has 0 unspecified atom stereocenters. The van der Waals surface area contributed by atoms with E-state index >= 15 is 0 Å². The first-order valence-corrected chi connectivity index (χ1v) is 8.72. The van der Waals surface area contributed by atoms with Gasteiger partial charge < -0.3 is 23.5 Å². The van der Waals surface area contributed by atoms with Gasteiger partial charge in [-0.1, -0.05) is 30.3 Å². The van der Waals surface area contributed by atoms with Gasteiger partial charge in [0.05, 0.1) is 24.6 Å². The second kappa shape index (κ2) is 7.48. The van der Waals surface area contributed by atoms with Crippen LogP contribution in [0.1, 0.15) is 27.9 Å². The Bertz CT molecular complexity index is 1090. The van der Waals surface area contributed by atoms with Crippen molar-refractivity contribution in [2.75, 3.05) is 0 Å². The Hall–Kier alpha value is -3.74. The van der Waals surface area contributed by atoms with E-state index in [1.165, 1.54) is 6.26 Å². The second-order valence-corrected chi connectivity index (χ2v) is 6.25. The number of furan rings is 2. The molecule has 4 rings (SSSR count). The number of benzene rings is 1. The molecule has 0 fully saturated rings. The molecule has 0 aliphatic heterocycles. The third-order valence-electron chi connectivity index (χ3n) is 4.46. The minimum absolute atomic E-state index is 0.198. The van der Waals surface area contributed by atoms with Crippen molar-refractivity contribution in [3.8, 4) is 0 Å². The zero-order valence-corrected chi connectivity index (χ0v) is 15.1. The number of carbonyl (C=O) groups is 2. The highest BCUT2D eigenvalue weighted by Crippen LogP contribution is 2.24. The molecule has 0 bridgehead atoms. The van der Waals surface area contributed by atoms with Crippen LogP contribution in [0.25, 0.3) is 11.1 Å². The van der Waals surface area contributed by atoms with E-state index in [0.29, 0.717) is 22.6 Å². The molecule has 1 amide bonds. The molecule has 4 aromatic rings. The number of hydrogen-bond donors (Lipinski definition) is 1. The summed E-state index contributed by atoms with van der Waals surface area (Å²) >= 11 is 0. The van der Waals surface area contributed by atoms with E-state index in [4.69, 9.17) is 13.6 Å². The number of amides is 1. The Morgan fingerprint density at radius 1 is 1.07 bits per heavy atom. The number of hydrogen-bond acceptors (Lipinski definition) is 5. The molecule has 7 heteroatoms. The fourth-order valence-electron chi connectivity index (χ4n) is 2.99. The first kappa shape index (κ1) is 17.7. The molecular formula is C21H18N2O5. The van der Waals surface area contributed by atoms with Crippen molar-refractivity contribution in [1.29, 1.82) is 0 Å². The number of esters is 1. The molecule has 0 aliphatic rings. The third-order valence-corrected chi connectivity index (χ3v) is 4.46. The Morgan fingerprint density at radius 3 is 2.61 bits per heavy atom. The van der Waals surface area contributed by atoms with Crippen LogP contribution in [0, 0.1) is 0 Å². The van der Waals surface area contributed by atoms with Gasteiger partial charge in [0.2, 0.25) is 6.10 Å². The fraction of sp³-hybridized carbons (Fsp3) is 0.143. The number of aromatic nitrogens is 1. The standard InChI is InChI=1S/C21H18N2O5/c1-23-16-9-11-27-18(16)12-17(23)21(25)28-19(14-6-3-2-4-7-14)20(24)22-13-15-8-5-10-26-15/h2-12,19H,13H2,1H3,(H,22,24)/t19-/m0/s1. The SMILES string of the molecule is Cn1c(C(=O)O[C@H](C(=O)NCc2ccco2)c2ccccc2)cc2occc21. The van der Waals surface area contributed by atoms with Gasteiger partial charge in [0, 0.05) is 24.7 Å². The van der Waals surface area contributed by atoms with Gasteiger partial charge in [-0.2, -0.15) is 0 Å². The molecule has 0 aliphatic carbocycles. The maximum atomic E-state index is 12.8. The van der Waals surface area contributed by atoms with Crippen LogP contribution in [0.4, 0.5) is 0 Å². The molecule has 0 spiro atoms. The minimum Gasteiger partial charge on any atom is -0.467 e. The number of nitrogens with one attached hydrogen (secondary N) is 1. The van der Waals surface area contributed by atoms with E-state index in [1.807, 2.05) is 6.07 Å². The summed E-state index contributed by atoms with van der Waals surface area (Å²) in [6, 6.07) is 15.7. The van der Waals surface area contributed by atoms with Crippen LogP contribution in [0.2, 0.25) is 0 Å². The zero-order valence-electron chi connectivity index (χ0n) is 15.1. The first-order valence-electron chi connectivity index (χ1n) is 8.72. The van der Waals surface area contributed by atoms with Crippen LogP contribution >= 0.6 is 0 Å². The van der Waals surface area contributed by atoms with Gasteiger partial charge in [-0.15, -0.1) is 0 Å². The predicted octanol–water partition coefficient (Wildman–Crippen LogP) is 3.58. The summed E-state index contributed by atoms with van der Waals surface area (Å²) in [6.07, 6.45) is 1.99. The molecular weight excluding hydrogens is 360 g/mol. The molecule has 1 N–H and O–H groups in total. The van der Waals surface area contributed by atoms with Gasteiger partial charge in [-0.3, -0.25) is 4.79 Å². The van der Waals surface area contributed by atoms with E-state index in [9.17, 15) is 9.59 Å². The summed E-state index contributed by atoms with van der Waals surface area (Å²) in [5, 5.41) is 2.74.